The maximum absolute atomic E-state index is 12.3. The molecule has 2 heterocycles. The van der Waals surface area contributed by atoms with Crippen LogP contribution in [0.15, 0.2) is 12.4 Å². The van der Waals surface area contributed by atoms with Gasteiger partial charge in [0.15, 0.2) is 0 Å². The second kappa shape index (κ2) is 7.54. The zero-order valence-corrected chi connectivity index (χ0v) is 15.2. The highest BCUT2D eigenvalue weighted by Gasteiger charge is 2.34. The summed E-state index contributed by atoms with van der Waals surface area (Å²) in [7, 11) is -0.368. The number of carbonyl (C=O) groups excluding carboxylic acids is 1. The first kappa shape index (κ1) is 18.8. The molecule has 1 aromatic heterocycles. The smallest absolute Gasteiger partial charge is 0.254 e. The topological polar surface area (TPSA) is 101 Å². The normalized spacial score (nSPS) is 21.4. The molecule has 1 fully saturated rings. The molecule has 0 aliphatic carbocycles. The molecule has 2 unspecified atom stereocenters. The Morgan fingerprint density at radius 2 is 1.96 bits per heavy atom. The maximum Gasteiger partial charge on any atom is 0.254 e. The molecule has 0 bridgehead atoms. The summed E-state index contributed by atoms with van der Waals surface area (Å²) in [6.45, 7) is 4.55. The van der Waals surface area contributed by atoms with E-state index in [1.54, 1.807) is 0 Å². The van der Waals surface area contributed by atoms with Gasteiger partial charge >= 0.3 is 0 Å². The molecule has 134 valence electrons. The third-order valence-electron chi connectivity index (χ3n) is 3.95. The van der Waals surface area contributed by atoms with E-state index >= 15 is 0 Å². The SMILES string of the molecule is CC(C)c1ncc(C(=O)NC2COCC2CS(=O)(=O)N(C)C)cn1. The number of nitrogens with zero attached hydrogens (tertiary/aromatic N) is 3. The molecule has 0 radical (unpaired) electrons. The van der Waals surface area contributed by atoms with Crippen LogP contribution in [0, 0.1) is 5.92 Å². The van der Waals surface area contributed by atoms with E-state index < -0.39 is 10.0 Å². The van der Waals surface area contributed by atoms with Crippen molar-refractivity contribution < 1.29 is 17.9 Å². The maximum atomic E-state index is 12.3. The van der Waals surface area contributed by atoms with Crippen molar-refractivity contribution in [3.05, 3.63) is 23.8 Å². The molecule has 8 nitrogen and oxygen atoms in total. The minimum Gasteiger partial charge on any atom is -0.379 e. The molecule has 1 N–H and O–H groups in total. The number of nitrogens with one attached hydrogen (secondary N) is 1. The molecule has 9 heteroatoms. The van der Waals surface area contributed by atoms with E-state index in [9.17, 15) is 13.2 Å². The molecular weight excluding hydrogens is 332 g/mol. The fraction of sp³-hybridized carbons (Fsp3) is 0.667. The van der Waals surface area contributed by atoms with Crippen molar-refractivity contribution in [2.24, 2.45) is 5.92 Å². The minimum absolute atomic E-state index is 0.0618. The van der Waals surface area contributed by atoms with Crippen LogP contribution in [-0.4, -0.2) is 67.7 Å². The number of amides is 1. The summed E-state index contributed by atoms with van der Waals surface area (Å²) in [4.78, 5) is 20.7. The second-order valence-corrected chi connectivity index (χ2v) is 8.65. The van der Waals surface area contributed by atoms with E-state index in [2.05, 4.69) is 15.3 Å². The molecule has 2 rings (SSSR count). The molecule has 1 amide bonds. The van der Waals surface area contributed by atoms with Crippen LogP contribution in [-0.2, 0) is 14.8 Å². The van der Waals surface area contributed by atoms with Crippen LogP contribution >= 0.6 is 0 Å². The third-order valence-corrected chi connectivity index (χ3v) is 5.91. The van der Waals surface area contributed by atoms with E-state index in [0.29, 0.717) is 24.6 Å². The molecule has 1 aromatic rings. The number of sulfonamides is 1. The first-order chi connectivity index (χ1) is 11.2. The van der Waals surface area contributed by atoms with Crippen molar-refractivity contribution in [2.45, 2.75) is 25.8 Å². The molecule has 24 heavy (non-hydrogen) atoms. The van der Waals surface area contributed by atoms with Gasteiger partial charge in [0.2, 0.25) is 10.0 Å². The third kappa shape index (κ3) is 4.49. The van der Waals surface area contributed by atoms with Gasteiger partial charge in [0.25, 0.3) is 5.91 Å². The van der Waals surface area contributed by atoms with Gasteiger partial charge in [-0.2, -0.15) is 0 Å². The zero-order chi connectivity index (χ0) is 17.9. The molecule has 1 aliphatic rings. The largest absolute Gasteiger partial charge is 0.379 e. The zero-order valence-electron chi connectivity index (χ0n) is 14.4. The van der Waals surface area contributed by atoms with Gasteiger partial charge in [-0.1, -0.05) is 13.8 Å². The Labute approximate surface area is 142 Å². The Morgan fingerprint density at radius 3 is 2.50 bits per heavy atom. The Hall–Kier alpha value is -1.58. The predicted molar refractivity (Wildman–Crippen MR) is 89.2 cm³/mol. The molecule has 0 saturated carbocycles. The van der Waals surface area contributed by atoms with Crippen LogP contribution in [0.3, 0.4) is 0 Å². The Bertz CT molecular complexity index is 673. The van der Waals surface area contributed by atoms with Gasteiger partial charge in [0, 0.05) is 38.3 Å². The van der Waals surface area contributed by atoms with Gasteiger partial charge in [-0.15, -0.1) is 0 Å². The van der Waals surface area contributed by atoms with Gasteiger partial charge in [-0.25, -0.2) is 22.7 Å². The summed E-state index contributed by atoms with van der Waals surface area (Å²) in [5.74, 6) is 0.190. The molecule has 0 aromatic carbocycles. The lowest BCUT2D eigenvalue weighted by Crippen LogP contribution is -2.43. The van der Waals surface area contributed by atoms with E-state index in [1.807, 2.05) is 13.8 Å². The highest BCUT2D eigenvalue weighted by Crippen LogP contribution is 2.18. The highest BCUT2D eigenvalue weighted by atomic mass is 32.2. The van der Waals surface area contributed by atoms with Gasteiger partial charge in [0.1, 0.15) is 5.82 Å². The number of ether oxygens (including phenoxy) is 1. The number of aromatic nitrogens is 2. The average molecular weight is 356 g/mol. The number of hydrogen-bond donors (Lipinski definition) is 1. The summed E-state index contributed by atoms with van der Waals surface area (Å²) >= 11 is 0. The summed E-state index contributed by atoms with van der Waals surface area (Å²) in [6.07, 6.45) is 2.97. The quantitative estimate of drug-likeness (QED) is 0.783. The fourth-order valence-electron chi connectivity index (χ4n) is 2.35. The van der Waals surface area contributed by atoms with Crippen LogP contribution in [0.4, 0.5) is 0 Å². The van der Waals surface area contributed by atoms with E-state index in [-0.39, 0.29) is 29.5 Å². The van der Waals surface area contributed by atoms with Crippen molar-refractivity contribution in [2.75, 3.05) is 33.1 Å². The first-order valence-corrected chi connectivity index (χ1v) is 9.42. The predicted octanol–water partition coefficient (Wildman–Crippen LogP) is 0.236. The molecule has 1 saturated heterocycles. The van der Waals surface area contributed by atoms with Gasteiger partial charge in [-0.05, 0) is 0 Å². The first-order valence-electron chi connectivity index (χ1n) is 7.81. The van der Waals surface area contributed by atoms with Gasteiger partial charge in [0.05, 0.1) is 30.6 Å². The Kier molecular flexibility index (Phi) is 5.89. The Morgan fingerprint density at radius 1 is 1.33 bits per heavy atom. The fourth-order valence-corrected chi connectivity index (χ4v) is 3.51. The van der Waals surface area contributed by atoms with Crippen LogP contribution in [0.25, 0.3) is 0 Å². The molecule has 0 spiro atoms. The minimum atomic E-state index is -3.35. The van der Waals surface area contributed by atoms with E-state index in [1.165, 1.54) is 30.8 Å². The summed E-state index contributed by atoms with van der Waals surface area (Å²) < 4.78 is 30.6. The van der Waals surface area contributed by atoms with Crippen molar-refractivity contribution in [1.82, 2.24) is 19.6 Å². The van der Waals surface area contributed by atoms with Crippen molar-refractivity contribution in [3.8, 4) is 0 Å². The van der Waals surface area contributed by atoms with Crippen LogP contribution in [0.2, 0.25) is 0 Å². The number of carbonyl (C=O) groups is 1. The van der Waals surface area contributed by atoms with E-state index in [0.717, 1.165) is 0 Å². The number of rotatable bonds is 6. The molecule has 2 atom stereocenters. The average Bonchev–Trinajstić information content (AvgIpc) is 2.93. The second-order valence-electron chi connectivity index (χ2n) is 6.42. The summed E-state index contributed by atoms with van der Waals surface area (Å²) in [5.41, 5.74) is 0.348. The van der Waals surface area contributed by atoms with Gasteiger partial charge < -0.3 is 10.1 Å². The molecule has 1 aliphatic heterocycles. The standard InChI is InChI=1S/C15H24N4O4S/c1-10(2)14-16-5-11(6-17-14)15(20)18-13-8-23-7-12(13)9-24(21,22)19(3)4/h5-6,10,12-13H,7-9H2,1-4H3,(H,18,20). The Balaban J connectivity index is 2.02. The van der Waals surface area contributed by atoms with E-state index in [4.69, 9.17) is 4.74 Å². The monoisotopic (exact) mass is 356 g/mol. The highest BCUT2D eigenvalue weighted by molar-refractivity contribution is 7.89. The summed E-state index contributed by atoms with van der Waals surface area (Å²) in [5, 5.41) is 2.83. The van der Waals surface area contributed by atoms with Crippen LogP contribution in [0.5, 0.6) is 0 Å². The van der Waals surface area contributed by atoms with Crippen LogP contribution in [0.1, 0.15) is 35.9 Å². The lowest BCUT2D eigenvalue weighted by atomic mass is 10.1. The van der Waals surface area contributed by atoms with Crippen molar-refractivity contribution in [3.63, 3.8) is 0 Å². The van der Waals surface area contributed by atoms with Crippen LogP contribution < -0.4 is 5.32 Å². The van der Waals surface area contributed by atoms with Gasteiger partial charge in [-0.3, -0.25) is 4.79 Å². The molecular formula is C15H24N4O4S. The lowest BCUT2D eigenvalue weighted by Gasteiger charge is -2.21. The lowest BCUT2D eigenvalue weighted by molar-refractivity contribution is 0.0925. The van der Waals surface area contributed by atoms with Crippen molar-refractivity contribution >= 4 is 15.9 Å². The van der Waals surface area contributed by atoms with Crippen molar-refractivity contribution in [1.29, 1.82) is 0 Å². The number of hydrogen-bond acceptors (Lipinski definition) is 6. The summed E-state index contributed by atoms with van der Waals surface area (Å²) in [6, 6.07) is -0.350.